The van der Waals surface area contributed by atoms with Crippen molar-refractivity contribution in [1.82, 2.24) is 9.80 Å². The largest absolute Gasteiger partial charge is 0.334 e. The molecule has 0 aromatic rings. The van der Waals surface area contributed by atoms with Gasteiger partial charge in [0.1, 0.15) is 6.17 Å². The Kier molecular flexibility index (Phi) is 5.29. The zero-order valence-electron chi connectivity index (χ0n) is 15.0. The first kappa shape index (κ1) is 17.2. The fourth-order valence-corrected chi connectivity index (χ4v) is 5.33. The molecule has 0 spiro atoms. The van der Waals surface area contributed by atoms with Crippen molar-refractivity contribution in [2.75, 3.05) is 13.1 Å². The molecule has 3 aliphatic rings. The highest BCUT2D eigenvalue weighted by Gasteiger charge is 2.43. The lowest BCUT2D eigenvalue weighted by molar-refractivity contribution is -0.142. The van der Waals surface area contributed by atoms with Crippen molar-refractivity contribution < 1.29 is 9.18 Å². The number of halogens is 1. The molecule has 4 heteroatoms. The van der Waals surface area contributed by atoms with Crippen LogP contribution in [0.4, 0.5) is 4.39 Å². The summed E-state index contributed by atoms with van der Waals surface area (Å²) < 4.78 is 14.1. The number of nitrogens with zero attached hydrogens (tertiary/aromatic N) is 2. The van der Waals surface area contributed by atoms with Crippen molar-refractivity contribution >= 4 is 5.91 Å². The number of piperazine rings is 1. The van der Waals surface area contributed by atoms with E-state index < -0.39 is 6.17 Å². The van der Waals surface area contributed by atoms with Crippen molar-refractivity contribution in [2.45, 2.75) is 90.0 Å². The Hall–Kier alpha value is -0.640. The third-order valence-electron chi connectivity index (χ3n) is 6.56. The summed E-state index contributed by atoms with van der Waals surface area (Å²) in [5.74, 6) is 0.964. The van der Waals surface area contributed by atoms with Crippen LogP contribution in [0.2, 0.25) is 0 Å². The van der Waals surface area contributed by atoms with Gasteiger partial charge in [0.2, 0.25) is 5.91 Å². The van der Waals surface area contributed by atoms with Crippen molar-refractivity contribution in [1.29, 1.82) is 0 Å². The third kappa shape index (κ3) is 3.57. The maximum absolute atomic E-state index is 14.1. The number of fused-ring (bicyclic) bond motifs is 1. The lowest BCUT2D eigenvalue weighted by Gasteiger charge is -2.53. The number of alkyl halides is 1. The average molecular weight is 324 g/mol. The SMILES string of the molecule is CC(=O)N1C2CCCCC2N(CC2CCC(C)C(F)C2)C[C@@H]1C. The minimum atomic E-state index is -0.619. The molecule has 0 bridgehead atoms. The predicted molar refractivity (Wildman–Crippen MR) is 91.0 cm³/mol. The Morgan fingerprint density at radius 2 is 1.78 bits per heavy atom. The molecule has 3 nitrogen and oxygen atoms in total. The van der Waals surface area contributed by atoms with Crippen LogP contribution in [0.3, 0.4) is 0 Å². The minimum Gasteiger partial charge on any atom is -0.334 e. The second kappa shape index (κ2) is 7.08. The topological polar surface area (TPSA) is 23.6 Å². The first-order chi connectivity index (χ1) is 11.0. The molecule has 1 aliphatic heterocycles. The van der Waals surface area contributed by atoms with Gasteiger partial charge in [-0.05, 0) is 50.9 Å². The maximum atomic E-state index is 14.1. The maximum Gasteiger partial charge on any atom is 0.220 e. The standard InChI is InChI=1S/C19H33FN2O/c1-13-8-9-16(10-17(13)20)12-21-11-14(2)22(15(3)23)19-7-5-4-6-18(19)21/h13-14,16-19H,4-12H2,1-3H3/t13?,14-,16?,17?,18?,19?/m0/s1. The van der Waals surface area contributed by atoms with Crippen LogP contribution >= 0.6 is 0 Å². The molecule has 0 aromatic heterocycles. The van der Waals surface area contributed by atoms with Gasteiger partial charge in [-0.2, -0.15) is 0 Å². The molecule has 3 rings (SSSR count). The fraction of sp³-hybridized carbons (Fsp3) is 0.947. The molecular formula is C19H33FN2O. The van der Waals surface area contributed by atoms with Crippen LogP contribution in [0.15, 0.2) is 0 Å². The Labute approximate surface area is 140 Å². The lowest BCUT2D eigenvalue weighted by atomic mass is 9.79. The second-order valence-corrected chi connectivity index (χ2v) is 8.32. The minimum absolute atomic E-state index is 0.226. The monoisotopic (exact) mass is 324 g/mol. The summed E-state index contributed by atoms with van der Waals surface area (Å²) in [6.45, 7) is 7.94. The van der Waals surface area contributed by atoms with Gasteiger partial charge in [-0.15, -0.1) is 0 Å². The quantitative estimate of drug-likeness (QED) is 0.774. The summed E-state index contributed by atoms with van der Waals surface area (Å²) in [4.78, 5) is 16.9. The Morgan fingerprint density at radius 1 is 1.09 bits per heavy atom. The fourth-order valence-electron chi connectivity index (χ4n) is 5.33. The Bertz CT molecular complexity index is 430. The highest BCUT2D eigenvalue weighted by Crippen LogP contribution is 2.36. The molecule has 1 saturated heterocycles. The first-order valence-corrected chi connectivity index (χ1v) is 9.64. The zero-order chi connectivity index (χ0) is 16.6. The van der Waals surface area contributed by atoms with E-state index in [1.807, 2.05) is 6.92 Å². The van der Waals surface area contributed by atoms with Gasteiger partial charge in [0.15, 0.2) is 0 Å². The normalized spacial score (nSPS) is 42.3. The molecule has 23 heavy (non-hydrogen) atoms. The van der Waals surface area contributed by atoms with E-state index in [2.05, 4.69) is 16.7 Å². The van der Waals surface area contributed by atoms with E-state index >= 15 is 0 Å². The van der Waals surface area contributed by atoms with Gasteiger partial charge in [-0.25, -0.2) is 4.39 Å². The van der Waals surface area contributed by atoms with E-state index in [4.69, 9.17) is 0 Å². The third-order valence-corrected chi connectivity index (χ3v) is 6.56. The molecule has 0 N–H and O–H groups in total. The van der Waals surface area contributed by atoms with Gasteiger partial charge in [-0.1, -0.05) is 19.8 Å². The summed E-state index contributed by atoms with van der Waals surface area (Å²) in [5.41, 5.74) is 0. The second-order valence-electron chi connectivity index (χ2n) is 8.32. The molecule has 2 aliphatic carbocycles. The van der Waals surface area contributed by atoms with Crippen LogP contribution in [-0.4, -0.2) is 53.1 Å². The van der Waals surface area contributed by atoms with Crippen molar-refractivity contribution in [2.24, 2.45) is 11.8 Å². The van der Waals surface area contributed by atoms with E-state index in [0.717, 1.165) is 32.4 Å². The summed E-state index contributed by atoms with van der Waals surface area (Å²) in [6, 6.07) is 1.17. The van der Waals surface area contributed by atoms with Crippen LogP contribution < -0.4 is 0 Å². The number of carbonyl (C=O) groups excluding carboxylic acids is 1. The first-order valence-electron chi connectivity index (χ1n) is 9.64. The molecule has 132 valence electrons. The molecule has 2 saturated carbocycles. The Balaban J connectivity index is 1.68. The van der Waals surface area contributed by atoms with E-state index in [1.165, 1.54) is 25.7 Å². The summed E-state index contributed by atoms with van der Waals surface area (Å²) in [7, 11) is 0. The van der Waals surface area contributed by atoms with Gasteiger partial charge in [0.05, 0.1) is 0 Å². The van der Waals surface area contributed by atoms with E-state index in [1.54, 1.807) is 6.92 Å². The number of carbonyl (C=O) groups is 1. The molecule has 3 fully saturated rings. The Morgan fingerprint density at radius 3 is 2.43 bits per heavy atom. The molecule has 0 radical (unpaired) electrons. The van der Waals surface area contributed by atoms with Crippen LogP contribution in [0.25, 0.3) is 0 Å². The van der Waals surface area contributed by atoms with Gasteiger partial charge < -0.3 is 4.90 Å². The van der Waals surface area contributed by atoms with Crippen LogP contribution in [0.5, 0.6) is 0 Å². The average Bonchev–Trinajstić information content (AvgIpc) is 2.50. The summed E-state index contributed by atoms with van der Waals surface area (Å²) >= 11 is 0. The van der Waals surface area contributed by atoms with Crippen LogP contribution in [0, 0.1) is 11.8 Å². The van der Waals surface area contributed by atoms with Crippen LogP contribution in [0.1, 0.15) is 65.7 Å². The number of rotatable bonds is 2. The van der Waals surface area contributed by atoms with E-state index in [9.17, 15) is 9.18 Å². The number of hydrogen-bond donors (Lipinski definition) is 0. The molecule has 0 aromatic carbocycles. The molecular weight excluding hydrogens is 291 g/mol. The van der Waals surface area contributed by atoms with Gasteiger partial charge in [-0.3, -0.25) is 9.69 Å². The van der Waals surface area contributed by atoms with Gasteiger partial charge in [0.25, 0.3) is 0 Å². The van der Waals surface area contributed by atoms with Crippen LogP contribution in [-0.2, 0) is 4.79 Å². The summed E-state index contributed by atoms with van der Waals surface area (Å²) in [5, 5.41) is 0. The highest BCUT2D eigenvalue weighted by atomic mass is 19.1. The van der Waals surface area contributed by atoms with Crippen molar-refractivity contribution in [3.63, 3.8) is 0 Å². The van der Waals surface area contributed by atoms with E-state index in [0.29, 0.717) is 18.0 Å². The smallest absolute Gasteiger partial charge is 0.220 e. The number of amides is 1. The van der Waals surface area contributed by atoms with Crippen molar-refractivity contribution in [3.8, 4) is 0 Å². The van der Waals surface area contributed by atoms with E-state index in [-0.39, 0.29) is 17.9 Å². The molecule has 1 amide bonds. The highest BCUT2D eigenvalue weighted by molar-refractivity contribution is 5.74. The zero-order valence-corrected chi connectivity index (χ0v) is 15.0. The molecule has 1 heterocycles. The number of hydrogen-bond acceptors (Lipinski definition) is 2. The van der Waals surface area contributed by atoms with Crippen molar-refractivity contribution in [3.05, 3.63) is 0 Å². The molecule has 5 unspecified atom stereocenters. The predicted octanol–water partition coefficient (Wildman–Crippen LogP) is 3.62. The lowest BCUT2D eigenvalue weighted by Crippen LogP contribution is -2.65. The summed E-state index contributed by atoms with van der Waals surface area (Å²) in [6.07, 6.45) is 7.15. The van der Waals surface area contributed by atoms with Gasteiger partial charge in [0, 0.05) is 38.1 Å². The van der Waals surface area contributed by atoms with Gasteiger partial charge >= 0.3 is 0 Å². The molecule has 6 atom stereocenters.